The molecule has 0 radical (unpaired) electrons. The van der Waals surface area contributed by atoms with Crippen molar-refractivity contribution in [2.24, 2.45) is 5.41 Å². The molecule has 0 spiro atoms. The number of hydrogen-bond donors (Lipinski definition) is 0. The van der Waals surface area contributed by atoms with E-state index < -0.39 is 10.1 Å². The fourth-order valence-electron chi connectivity index (χ4n) is 4.33. The highest BCUT2D eigenvalue weighted by Gasteiger charge is 2.31. The smallest absolute Gasteiger partial charge is 0.306 e. The summed E-state index contributed by atoms with van der Waals surface area (Å²) in [5.74, 6) is 0.650. The predicted octanol–water partition coefficient (Wildman–Crippen LogP) is 6.30. The third-order valence-corrected chi connectivity index (χ3v) is 7.01. The molecule has 0 aliphatic carbocycles. The Morgan fingerprint density at radius 1 is 0.906 bits per heavy atom. The zero-order valence-corrected chi connectivity index (χ0v) is 21.7. The van der Waals surface area contributed by atoms with Crippen molar-refractivity contribution in [3.63, 3.8) is 0 Å². The van der Waals surface area contributed by atoms with Crippen molar-refractivity contribution in [2.75, 3.05) is 6.26 Å². The number of benzene rings is 2. The summed E-state index contributed by atoms with van der Waals surface area (Å²) in [6.07, 6.45) is 4.19. The van der Waals surface area contributed by atoms with E-state index in [9.17, 15) is 13.2 Å². The van der Waals surface area contributed by atoms with Gasteiger partial charge < -0.3 is 4.18 Å². The van der Waals surface area contributed by atoms with Crippen LogP contribution >= 0.6 is 0 Å². The highest BCUT2D eigenvalue weighted by molar-refractivity contribution is 7.86. The fraction of sp³-hybridized carbons (Fsp3) is 0.519. The topological polar surface area (TPSA) is 60.4 Å². The highest BCUT2D eigenvalue weighted by atomic mass is 32.2. The lowest BCUT2D eigenvalue weighted by Gasteiger charge is -2.34. The Labute approximate surface area is 194 Å². The summed E-state index contributed by atoms with van der Waals surface area (Å²) in [5.41, 5.74) is 5.10. The Kier molecular flexibility index (Phi) is 7.98. The normalized spacial score (nSPS) is 12.6. The first-order chi connectivity index (χ1) is 14.7. The van der Waals surface area contributed by atoms with E-state index in [-0.39, 0.29) is 16.6 Å². The largest absolute Gasteiger partial charge is 0.382 e. The minimum atomic E-state index is -3.57. The molecule has 0 fully saturated rings. The lowest BCUT2D eigenvalue weighted by Crippen LogP contribution is -2.26. The molecule has 0 amide bonds. The van der Waals surface area contributed by atoms with E-state index >= 15 is 0 Å². The van der Waals surface area contributed by atoms with Crippen LogP contribution in [0.2, 0.25) is 0 Å². The molecule has 2 aromatic rings. The maximum Gasteiger partial charge on any atom is 0.306 e. The molecule has 0 saturated carbocycles. The van der Waals surface area contributed by atoms with Crippen molar-refractivity contribution < 1.29 is 17.4 Å². The van der Waals surface area contributed by atoms with Gasteiger partial charge in [-0.25, -0.2) is 0 Å². The molecule has 5 heteroatoms. The van der Waals surface area contributed by atoms with E-state index in [0.29, 0.717) is 12.2 Å². The molecule has 176 valence electrons. The molecule has 0 N–H and O–H groups in total. The Morgan fingerprint density at radius 2 is 1.44 bits per heavy atom. The van der Waals surface area contributed by atoms with Crippen LogP contribution in [-0.4, -0.2) is 20.5 Å². The summed E-state index contributed by atoms with van der Waals surface area (Å²) < 4.78 is 28.2. The quantitative estimate of drug-likeness (QED) is 0.414. The molecule has 0 saturated heterocycles. The first-order valence-electron chi connectivity index (χ1n) is 11.4. The minimum Gasteiger partial charge on any atom is -0.382 e. The monoisotopic (exact) mass is 458 g/mol. The van der Waals surface area contributed by atoms with Crippen molar-refractivity contribution in [1.82, 2.24) is 0 Å². The Balaban J connectivity index is 2.40. The fourth-order valence-corrected chi connectivity index (χ4v) is 4.85. The van der Waals surface area contributed by atoms with Crippen molar-refractivity contribution in [3.05, 3.63) is 64.2 Å². The van der Waals surface area contributed by atoms with Crippen LogP contribution in [0.3, 0.4) is 0 Å². The SMILES string of the molecule is CCC(CC)(c1ccc(CCC(=O)C(C)(C)C)c(C)c1)c1ccc(OS(C)(=O)=O)c(C)c1. The summed E-state index contributed by atoms with van der Waals surface area (Å²) >= 11 is 0. The van der Waals surface area contributed by atoms with E-state index in [2.05, 4.69) is 39.0 Å². The molecule has 0 aromatic heterocycles. The van der Waals surface area contributed by atoms with Crippen LogP contribution < -0.4 is 4.18 Å². The Hall–Kier alpha value is -2.14. The molecule has 0 aliphatic heterocycles. The summed E-state index contributed by atoms with van der Waals surface area (Å²) in [6.45, 7) is 14.3. The van der Waals surface area contributed by atoms with Gasteiger partial charge in [-0.2, -0.15) is 8.42 Å². The van der Waals surface area contributed by atoms with Gasteiger partial charge in [0.1, 0.15) is 11.5 Å². The van der Waals surface area contributed by atoms with Crippen molar-refractivity contribution >= 4 is 15.9 Å². The van der Waals surface area contributed by atoms with Crippen LogP contribution in [0.4, 0.5) is 0 Å². The number of carbonyl (C=O) groups excluding carboxylic acids is 1. The van der Waals surface area contributed by atoms with Crippen molar-refractivity contribution in [2.45, 2.75) is 79.6 Å². The van der Waals surface area contributed by atoms with Gasteiger partial charge in [-0.15, -0.1) is 0 Å². The summed E-state index contributed by atoms with van der Waals surface area (Å²) in [7, 11) is -3.57. The molecule has 2 rings (SSSR count). The second-order valence-electron chi connectivity index (χ2n) is 9.87. The highest BCUT2D eigenvalue weighted by Crippen LogP contribution is 2.41. The maximum atomic E-state index is 12.4. The van der Waals surface area contributed by atoms with Gasteiger partial charge in [0.15, 0.2) is 0 Å². The van der Waals surface area contributed by atoms with Gasteiger partial charge in [0.05, 0.1) is 6.26 Å². The van der Waals surface area contributed by atoms with Gasteiger partial charge in [-0.05, 0) is 67.0 Å². The second-order valence-corrected chi connectivity index (χ2v) is 11.4. The molecule has 0 bridgehead atoms. The molecule has 0 atom stereocenters. The molecule has 0 aliphatic rings. The molecule has 0 heterocycles. The van der Waals surface area contributed by atoms with E-state index in [1.807, 2.05) is 39.8 Å². The van der Waals surface area contributed by atoms with E-state index in [1.54, 1.807) is 6.07 Å². The average Bonchev–Trinajstić information content (AvgIpc) is 2.68. The van der Waals surface area contributed by atoms with Gasteiger partial charge in [0.2, 0.25) is 0 Å². The number of carbonyl (C=O) groups is 1. The predicted molar refractivity (Wildman–Crippen MR) is 132 cm³/mol. The standard InChI is InChI=1S/C27H38O4S/c1-9-27(10-2,23-14-15-24(20(4)18-23)31-32(8,29)30)22-13-11-21(19(3)17-22)12-16-25(28)26(5,6)7/h11,13-15,17-18H,9-10,12,16H2,1-8H3. The molecular formula is C27H38O4S. The van der Waals surface area contributed by atoms with Crippen LogP contribution in [0.15, 0.2) is 36.4 Å². The van der Waals surface area contributed by atoms with Gasteiger partial charge in [0, 0.05) is 17.3 Å². The number of Topliss-reactive ketones (excluding diaryl/α,β-unsaturated/α-hetero) is 1. The molecular weight excluding hydrogens is 420 g/mol. The van der Waals surface area contributed by atoms with E-state index in [4.69, 9.17) is 4.18 Å². The number of hydrogen-bond acceptors (Lipinski definition) is 4. The zero-order chi connectivity index (χ0) is 24.3. The summed E-state index contributed by atoms with van der Waals surface area (Å²) in [5, 5.41) is 0. The number of aryl methyl sites for hydroxylation is 3. The van der Waals surface area contributed by atoms with Crippen LogP contribution in [0, 0.1) is 19.3 Å². The first kappa shape index (κ1) is 26.1. The van der Waals surface area contributed by atoms with E-state index in [1.165, 1.54) is 16.7 Å². The molecule has 0 unspecified atom stereocenters. The van der Waals surface area contributed by atoms with Gasteiger partial charge >= 0.3 is 10.1 Å². The lowest BCUT2D eigenvalue weighted by atomic mass is 9.69. The molecule has 4 nitrogen and oxygen atoms in total. The molecule has 2 aromatic carbocycles. The summed E-state index contributed by atoms with van der Waals surface area (Å²) in [6, 6.07) is 12.4. The van der Waals surface area contributed by atoms with Crippen LogP contribution in [0.25, 0.3) is 0 Å². The van der Waals surface area contributed by atoms with Gasteiger partial charge in [0.25, 0.3) is 0 Å². The third kappa shape index (κ3) is 6.00. The van der Waals surface area contributed by atoms with Crippen molar-refractivity contribution in [3.8, 4) is 5.75 Å². The van der Waals surface area contributed by atoms with Crippen LogP contribution in [0.1, 0.15) is 81.7 Å². The van der Waals surface area contributed by atoms with E-state index in [0.717, 1.165) is 36.6 Å². The van der Waals surface area contributed by atoms with Crippen LogP contribution in [0.5, 0.6) is 5.75 Å². The second kappa shape index (κ2) is 9.78. The van der Waals surface area contributed by atoms with Gasteiger partial charge in [-0.3, -0.25) is 4.79 Å². The summed E-state index contributed by atoms with van der Waals surface area (Å²) in [4.78, 5) is 12.4. The first-order valence-corrected chi connectivity index (χ1v) is 13.2. The minimum absolute atomic E-state index is 0.182. The Bertz CT molecular complexity index is 1070. The third-order valence-electron chi connectivity index (χ3n) is 6.53. The molecule has 32 heavy (non-hydrogen) atoms. The maximum absolute atomic E-state index is 12.4. The number of rotatable bonds is 9. The van der Waals surface area contributed by atoms with Gasteiger partial charge in [-0.1, -0.05) is 65.0 Å². The average molecular weight is 459 g/mol. The van der Waals surface area contributed by atoms with Crippen LogP contribution in [-0.2, 0) is 26.7 Å². The lowest BCUT2D eigenvalue weighted by molar-refractivity contribution is -0.126. The Morgan fingerprint density at radius 3 is 1.88 bits per heavy atom. The zero-order valence-electron chi connectivity index (χ0n) is 20.8. The number of ketones is 1. The van der Waals surface area contributed by atoms with Crippen molar-refractivity contribution in [1.29, 1.82) is 0 Å².